The van der Waals surface area contributed by atoms with Gasteiger partial charge in [-0.3, -0.25) is 0 Å². The fraction of sp³-hybridized carbons (Fsp3) is 1.00. The maximum atomic E-state index is 3.86. The molecule has 0 spiro atoms. The summed E-state index contributed by atoms with van der Waals surface area (Å²) in [5.41, 5.74) is 0. The van der Waals surface area contributed by atoms with E-state index in [0.717, 1.165) is 23.8 Å². The smallest absolute Gasteiger partial charge is 0.00722 e. The van der Waals surface area contributed by atoms with Gasteiger partial charge in [-0.05, 0) is 56.8 Å². The molecule has 0 aromatic rings. The number of hydrogen-bond donors (Lipinski definition) is 1. The average molecular weight is 223 g/mol. The zero-order chi connectivity index (χ0) is 11.5. The molecular weight excluding hydrogens is 194 g/mol. The van der Waals surface area contributed by atoms with Crippen LogP contribution in [0.3, 0.4) is 0 Å². The van der Waals surface area contributed by atoms with Crippen molar-refractivity contribution in [3.63, 3.8) is 0 Å². The maximum Gasteiger partial charge on any atom is 0.00722 e. The van der Waals surface area contributed by atoms with Crippen LogP contribution in [-0.2, 0) is 0 Å². The number of hydrogen-bond acceptors (Lipinski definition) is 1. The Hall–Kier alpha value is -0.0400. The van der Waals surface area contributed by atoms with Crippen molar-refractivity contribution in [2.45, 2.75) is 77.8 Å². The largest absolute Gasteiger partial charge is 0.311 e. The Morgan fingerprint density at radius 2 is 1.75 bits per heavy atom. The summed E-state index contributed by atoms with van der Waals surface area (Å²) >= 11 is 0. The molecule has 0 aromatic heterocycles. The van der Waals surface area contributed by atoms with Crippen LogP contribution in [0.25, 0.3) is 0 Å². The molecule has 1 heteroatoms. The number of rotatable bonds is 5. The minimum atomic E-state index is 0.711. The third kappa shape index (κ3) is 3.76. The highest BCUT2D eigenvalue weighted by Crippen LogP contribution is 2.43. The Kier molecular flexibility index (Phi) is 4.29. The molecule has 0 radical (unpaired) electrons. The van der Waals surface area contributed by atoms with Gasteiger partial charge in [0, 0.05) is 12.1 Å². The van der Waals surface area contributed by atoms with Crippen molar-refractivity contribution in [1.29, 1.82) is 0 Å². The van der Waals surface area contributed by atoms with Crippen LogP contribution in [0.15, 0.2) is 0 Å². The van der Waals surface area contributed by atoms with Crippen LogP contribution in [-0.4, -0.2) is 12.1 Å². The quantitative estimate of drug-likeness (QED) is 0.743. The predicted molar refractivity (Wildman–Crippen MR) is 70.5 cm³/mol. The van der Waals surface area contributed by atoms with Crippen molar-refractivity contribution >= 4 is 0 Å². The van der Waals surface area contributed by atoms with Gasteiger partial charge in [0.2, 0.25) is 0 Å². The predicted octanol–water partition coefficient (Wildman–Crippen LogP) is 3.98. The van der Waals surface area contributed by atoms with Gasteiger partial charge >= 0.3 is 0 Å². The van der Waals surface area contributed by atoms with E-state index in [0.29, 0.717) is 6.04 Å². The first kappa shape index (κ1) is 12.4. The SMILES string of the molecule is CC(C)CC(C)NC1CCCC(C2CC2)C1. The minimum absolute atomic E-state index is 0.711. The Balaban J connectivity index is 1.71. The molecule has 0 saturated heterocycles. The van der Waals surface area contributed by atoms with Gasteiger partial charge in [0.25, 0.3) is 0 Å². The topological polar surface area (TPSA) is 12.0 Å². The summed E-state index contributed by atoms with van der Waals surface area (Å²) in [6, 6.07) is 1.54. The molecule has 0 aliphatic heterocycles. The second-order valence-corrected chi connectivity index (χ2v) is 6.66. The van der Waals surface area contributed by atoms with E-state index in [4.69, 9.17) is 0 Å². The molecule has 0 heterocycles. The van der Waals surface area contributed by atoms with Crippen molar-refractivity contribution in [3.05, 3.63) is 0 Å². The van der Waals surface area contributed by atoms with Crippen LogP contribution >= 0.6 is 0 Å². The van der Waals surface area contributed by atoms with E-state index in [1.165, 1.54) is 44.9 Å². The van der Waals surface area contributed by atoms with Crippen molar-refractivity contribution in [3.8, 4) is 0 Å². The van der Waals surface area contributed by atoms with Crippen LogP contribution in [0.5, 0.6) is 0 Å². The van der Waals surface area contributed by atoms with Gasteiger partial charge in [-0.2, -0.15) is 0 Å². The van der Waals surface area contributed by atoms with Crippen LogP contribution in [0.2, 0.25) is 0 Å². The molecule has 0 bridgehead atoms. The third-order valence-corrected chi connectivity index (χ3v) is 4.35. The molecule has 3 atom stereocenters. The molecule has 2 aliphatic rings. The molecule has 3 unspecified atom stereocenters. The standard InChI is InChI=1S/C15H29N/c1-11(2)9-12(3)16-15-6-4-5-14(10-15)13-7-8-13/h11-16H,4-10H2,1-3H3. The van der Waals surface area contributed by atoms with E-state index in [2.05, 4.69) is 26.1 Å². The first-order valence-electron chi connectivity index (χ1n) is 7.41. The Morgan fingerprint density at radius 3 is 2.38 bits per heavy atom. The fourth-order valence-corrected chi connectivity index (χ4v) is 3.55. The molecular formula is C15H29N. The average Bonchev–Trinajstić information content (AvgIpc) is 2.99. The van der Waals surface area contributed by atoms with Gasteiger partial charge in [-0.15, -0.1) is 0 Å². The summed E-state index contributed by atoms with van der Waals surface area (Å²) in [5.74, 6) is 3.01. The lowest BCUT2D eigenvalue weighted by atomic mass is 9.82. The Labute approximate surface area is 101 Å². The Morgan fingerprint density at radius 1 is 1.00 bits per heavy atom. The van der Waals surface area contributed by atoms with E-state index >= 15 is 0 Å². The lowest BCUT2D eigenvalue weighted by molar-refractivity contribution is 0.242. The van der Waals surface area contributed by atoms with Crippen LogP contribution < -0.4 is 5.32 Å². The second-order valence-electron chi connectivity index (χ2n) is 6.66. The highest BCUT2D eigenvalue weighted by molar-refractivity contribution is 4.88. The molecule has 1 nitrogen and oxygen atoms in total. The van der Waals surface area contributed by atoms with Crippen LogP contribution in [0.4, 0.5) is 0 Å². The van der Waals surface area contributed by atoms with Crippen molar-refractivity contribution in [2.24, 2.45) is 17.8 Å². The summed E-state index contributed by atoms with van der Waals surface area (Å²) in [5, 5.41) is 3.86. The maximum absolute atomic E-state index is 3.86. The molecule has 2 aliphatic carbocycles. The molecule has 2 rings (SSSR count). The van der Waals surface area contributed by atoms with E-state index in [1.54, 1.807) is 0 Å². The van der Waals surface area contributed by atoms with Crippen molar-refractivity contribution < 1.29 is 0 Å². The lowest BCUT2D eigenvalue weighted by Crippen LogP contribution is -2.40. The molecule has 94 valence electrons. The summed E-state index contributed by atoms with van der Waals surface area (Å²) < 4.78 is 0. The van der Waals surface area contributed by atoms with Gasteiger partial charge in [-0.1, -0.05) is 26.7 Å². The van der Waals surface area contributed by atoms with Gasteiger partial charge in [-0.25, -0.2) is 0 Å². The first-order valence-corrected chi connectivity index (χ1v) is 7.41. The number of nitrogens with one attached hydrogen (secondary N) is 1. The molecule has 2 fully saturated rings. The zero-order valence-electron chi connectivity index (χ0n) is 11.3. The molecule has 0 aromatic carbocycles. The van der Waals surface area contributed by atoms with E-state index in [-0.39, 0.29) is 0 Å². The third-order valence-electron chi connectivity index (χ3n) is 4.35. The first-order chi connectivity index (χ1) is 7.65. The zero-order valence-corrected chi connectivity index (χ0v) is 11.3. The van der Waals surface area contributed by atoms with E-state index in [9.17, 15) is 0 Å². The normalized spacial score (nSPS) is 33.0. The van der Waals surface area contributed by atoms with Gasteiger partial charge < -0.3 is 5.32 Å². The van der Waals surface area contributed by atoms with Crippen LogP contribution in [0, 0.1) is 17.8 Å². The highest BCUT2D eigenvalue weighted by atomic mass is 14.9. The molecule has 16 heavy (non-hydrogen) atoms. The van der Waals surface area contributed by atoms with Crippen LogP contribution in [0.1, 0.15) is 65.7 Å². The summed E-state index contributed by atoms with van der Waals surface area (Å²) in [7, 11) is 0. The summed E-state index contributed by atoms with van der Waals surface area (Å²) in [4.78, 5) is 0. The molecule has 0 amide bonds. The monoisotopic (exact) mass is 223 g/mol. The van der Waals surface area contributed by atoms with Crippen molar-refractivity contribution in [2.75, 3.05) is 0 Å². The lowest BCUT2D eigenvalue weighted by Gasteiger charge is -2.32. The minimum Gasteiger partial charge on any atom is -0.311 e. The van der Waals surface area contributed by atoms with Crippen molar-refractivity contribution in [1.82, 2.24) is 5.32 Å². The van der Waals surface area contributed by atoms with E-state index in [1.807, 2.05) is 0 Å². The molecule has 2 saturated carbocycles. The highest BCUT2D eigenvalue weighted by Gasteiger charge is 2.34. The molecule has 1 N–H and O–H groups in total. The van der Waals surface area contributed by atoms with Gasteiger partial charge in [0.05, 0.1) is 0 Å². The second kappa shape index (κ2) is 5.53. The Bertz CT molecular complexity index is 207. The summed E-state index contributed by atoms with van der Waals surface area (Å²) in [6.45, 7) is 7.01. The summed E-state index contributed by atoms with van der Waals surface area (Å²) in [6.07, 6.45) is 10.2. The van der Waals surface area contributed by atoms with Gasteiger partial charge in [0.1, 0.15) is 0 Å². The fourth-order valence-electron chi connectivity index (χ4n) is 3.55. The van der Waals surface area contributed by atoms with Gasteiger partial charge in [0.15, 0.2) is 0 Å². The van der Waals surface area contributed by atoms with E-state index < -0.39 is 0 Å².